The second kappa shape index (κ2) is 4.32. The molecule has 3 rings (SSSR count). The molecule has 1 saturated carbocycles. The van der Waals surface area contributed by atoms with Crippen LogP contribution in [0.5, 0.6) is 0 Å². The van der Waals surface area contributed by atoms with Gasteiger partial charge in [0.1, 0.15) is 5.01 Å². The Kier molecular flexibility index (Phi) is 2.81. The molecule has 0 saturated heterocycles. The maximum atomic E-state index is 6.05. The monoisotopic (exact) mass is 253 g/mol. The van der Waals surface area contributed by atoms with Crippen LogP contribution in [0.25, 0.3) is 4.96 Å². The molecule has 2 aromatic heterocycles. The molecule has 1 unspecified atom stereocenters. The van der Waals surface area contributed by atoms with Crippen molar-refractivity contribution in [2.45, 2.75) is 31.2 Å². The lowest BCUT2D eigenvalue weighted by Crippen LogP contribution is -2.13. The van der Waals surface area contributed by atoms with Crippen molar-refractivity contribution in [3.8, 4) is 0 Å². The van der Waals surface area contributed by atoms with E-state index in [1.165, 1.54) is 24.2 Å². The summed E-state index contributed by atoms with van der Waals surface area (Å²) in [6.07, 6.45) is 3.17. The van der Waals surface area contributed by atoms with Crippen molar-refractivity contribution in [1.82, 2.24) is 19.8 Å². The summed E-state index contributed by atoms with van der Waals surface area (Å²) in [7, 11) is 1.68. The number of nitrogens with zero attached hydrogens (tertiary/aromatic N) is 4. The molecule has 1 atom stereocenters. The predicted octanol–water partition coefficient (Wildman–Crippen LogP) is 1.10. The molecule has 1 fully saturated rings. The average Bonchev–Trinajstić information content (AvgIpc) is 2.95. The van der Waals surface area contributed by atoms with E-state index in [9.17, 15) is 0 Å². The summed E-state index contributed by atoms with van der Waals surface area (Å²) in [6.45, 7) is 0.650. The second-order valence-corrected chi connectivity index (χ2v) is 5.34. The van der Waals surface area contributed by atoms with E-state index in [2.05, 4.69) is 15.3 Å². The number of nitrogens with two attached hydrogens (primary N) is 1. The Bertz CT molecular complexity index is 518. The zero-order valence-electron chi connectivity index (χ0n) is 9.67. The van der Waals surface area contributed by atoms with Gasteiger partial charge in [-0.05, 0) is 19.3 Å². The van der Waals surface area contributed by atoms with Crippen molar-refractivity contribution in [1.29, 1.82) is 0 Å². The number of rotatable bonds is 5. The second-order valence-electron chi connectivity index (χ2n) is 4.36. The highest BCUT2D eigenvalue weighted by atomic mass is 32.1. The van der Waals surface area contributed by atoms with Gasteiger partial charge in [0.05, 0.1) is 6.04 Å². The molecule has 2 heterocycles. The molecule has 0 bridgehead atoms. The van der Waals surface area contributed by atoms with Crippen molar-refractivity contribution in [3.63, 3.8) is 0 Å². The Balaban J connectivity index is 1.85. The van der Waals surface area contributed by atoms with Crippen molar-refractivity contribution in [2.24, 2.45) is 5.73 Å². The summed E-state index contributed by atoms with van der Waals surface area (Å²) in [5.41, 5.74) is 6.05. The smallest absolute Gasteiger partial charge is 0.234 e. The van der Waals surface area contributed by atoms with Gasteiger partial charge >= 0.3 is 0 Å². The molecule has 2 N–H and O–H groups in total. The number of aromatic nitrogens is 4. The summed E-state index contributed by atoms with van der Waals surface area (Å²) in [4.78, 5) is 0.842. The van der Waals surface area contributed by atoms with Crippen LogP contribution in [0.2, 0.25) is 0 Å². The fraction of sp³-hybridized carbons (Fsp3) is 0.700. The average molecular weight is 253 g/mol. The Morgan fingerprint density at radius 1 is 1.53 bits per heavy atom. The van der Waals surface area contributed by atoms with Gasteiger partial charge in [0.15, 0.2) is 5.82 Å². The van der Waals surface area contributed by atoms with Gasteiger partial charge in [0, 0.05) is 19.6 Å². The van der Waals surface area contributed by atoms with Crippen LogP contribution in [0.15, 0.2) is 0 Å². The predicted molar refractivity (Wildman–Crippen MR) is 64.1 cm³/mol. The minimum atomic E-state index is -0.0753. The van der Waals surface area contributed by atoms with E-state index < -0.39 is 0 Å². The van der Waals surface area contributed by atoms with Gasteiger partial charge in [-0.1, -0.05) is 11.3 Å². The highest BCUT2D eigenvalue weighted by Crippen LogP contribution is 2.39. The minimum absolute atomic E-state index is 0.0753. The summed E-state index contributed by atoms with van der Waals surface area (Å²) in [6, 6.07) is -0.0753. The molecular weight excluding hydrogens is 238 g/mol. The first-order chi connectivity index (χ1) is 8.29. The quantitative estimate of drug-likeness (QED) is 0.863. The molecule has 0 aliphatic heterocycles. The highest BCUT2D eigenvalue weighted by molar-refractivity contribution is 7.16. The SMILES string of the molecule is COCCC(N)c1nn2c(C3CC3)nnc2s1. The van der Waals surface area contributed by atoms with Gasteiger partial charge in [-0.3, -0.25) is 0 Å². The van der Waals surface area contributed by atoms with Crippen LogP contribution in [0.3, 0.4) is 0 Å². The van der Waals surface area contributed by atoms with Crippen molar-refractivity contribution < 1.29 is 4.74 Å². The molecule has 7 heteroatoms. The Morgan fingerprint density at radius 3 is 3.06 bits per heavy atom. The summed E-state index contributed by atoms with van der Waals surface area (Å²) in [5.74, 6) is 1.54. The summed E-state index contributed by atoms with van der Waals surface area (Å²) >= 11 is 1.52. The van der Waals surface area contributed by atoms with Crippen LogP contribution in [-0.4, -0.2) is 33.5 Å². The Hall–Kier alpha value is -1.05. The lowest BCUT2D eigenvalue weighted by molar-refractivity contribution is 0.188. The third-order valence-corrected chi connectivity index (χ3v) is 3.95. The van der Waals surface area contributed by atoms with Crippen LogP contribution in [-0.2, 0) is 4.74 Å². The van der Waals surface area contributed by atoms with Gasteiger partial charge < -0.3 is 10.5 Å². The number of hydrogen-bond donors (Lipinski definition) is 1. The lowest BCUT2D eigenvalue weighted by Gasteiger charge is -2.05. The third kappa shape index (κ3) is 2.05. The lowest BCUT2D eigenvalue weighted by atomic mass is 10.2. The number of methoxy groups -OCH3 is 1. The fourth-order valence-corrected chi connectivity index (χ4v) is 2.64. The van der Waals surface area contributed by atoms with Crippen molar-refractivity contribution in [3.05, 3.63) is 10.8 Å². The van der Waals surface area contributed by atoms with Gasteiger partial charge in [0.2, 0.25) is 4.96 Å². The molecule has 17 heavy (non-hydrogen) atoms. The number of ether oxygens (including phenoxy) is 1. The molecule has 1 aliphatic carbocycles. The van der Waals surface area contributed by atoms with E-state index >= 15 is 0 Å². The minimum Gasteiger partial charge on any atom is -0.385 e. The van der Waals surface area contributed by atoms with Crippen LogP contribution >= 0.6 is 11.3 Å². The maximum Gasteiger partial charge on any atom is 0.234 e. The van der Waals surface area contributed by atoms with Crippen molar-refractivity contribution >= 4 is 16.3 Å². The number of hydrogen-bond acceptors (Lipinski definition) is 6. The fourth-order valence-electron chi connectivity index (χ4n) is 1.76. The van der Waals surface area contributed by atoms with Crippen molar-refractivity contribution in [2.75, 3.05) is 13.7 Å². The van der Waals surface area contributed by atoms with Gasteiger partial charge in [-0.2, -0.15) is 9.61 Å². The molecule has 0 aromatic carbocycles. The van der Waals surface area contributed by atoms with E-state index in [1.807, 2.05) is 4.52 Å². The number of fused-ring (bicyclic) bond motifs is 1. The van der Waals surface area contributed by atoms with Crippen LogP contribution in [0.1, 0.15) is 42.1 Å². The van der Waals surface area contributed by atoms with Gasteiger partial charge in [0.25, 0.3) is 0 Å². The molecule has 92 valence electrons. The molecule has 0 radical (unpaired) electrons. The zero-order chi connectivity index (χ0) is 11.8. The zero-order valence-corrected chi connectivity index (χ0v) is 10.5. The van der Waals surface area contributed by atoms with Crippen LogP contribution in [0.4, 0.5) is 0 Å². The Labute approximate surface area is 103 Å². The molecular formula is C10H15N5OS. The van der Waals surface area contributed by atoms with Crippen LogP contribution in [0, 0.1) is 0 Å². The van der Waals surface area contributed by atoms with E-state index in [-0.39, 0.29) is 6.04 Å². The third-order valence-electron chi connectivity index (χ3n) is 2.92. The maximum absolute atomic E-state index is 6.05. The topological polar surface area (TPSA) is 78.3 Å². The summed E-state index contributed by atoms with van der Waals surface area (Å²) < 4.78 is 6.88. The molecule has 6 nitrogen and oxygen atoms in total. The van der Waals surface area contributed by atoms with E-state index in [4.69, 9.17) is 10.5 Å². The first-order valence-electron chi connectivity index (χ1n) is 5.76. The largest absolute Gasteiger partial charge is 0.385 e. The normalized spacial score (nSPS) is 17.8. The van der Waals surface area contributed by atoms with E-state index in [1.54, 1.807) is 7.11 Å². The first kappa shape index (κ1) is 11.1. The molecule has 2 aromatic rings. The van der Waals surface area contributed by atoms with E-state index in [0.717, 1.165) is 22.2 Å². The van der Waals surface area contributed by atoms with Gasteiger partial charge in [-0.25, -0.2) is 0 Å². The summed E-state index contributed by atoms with van der Waals surface area (Å²) in [5, 5.41) is 13.7. The van der Waals surface area contributed by atoms with E-state index in [0.29, 0.717) is 12.5 Å². The molecule has 1 aliphatic rings. The molecule has 0 spiro atoms. The standard InChI is InChI=1S/C10H15N5OS/c1-16-5-4-7(11)9-14-15-8(6-2-3-6)12-13-10(15)17-9/h6-7H,2-5,11H2,1H3. The first-order valence-corrected chi connectivity index (χ1v) is 6.58. The Morgan fingerprint density at radius 2 is 2.35 bits per heavy atom. The highest BCUT2D eigenvalue weighted by Gasteiger charge is 2.30. The van der Waals surface area contributed by atoms with Crippen LogP contribution < -0.4 is 5.73 Å². The van der Waals surface area contributed by atoms with Gasteiger partial charge in [-0.15, -0.1) is 10.2 Å². The molecule has 0 amide bonds.